The van der Waals surface area contributed by atoms with Crippen molar-refractivity contribution in [2.75, 3.05) is 37.0 Å². The van der Waals surface area contributed by atoms with Crippen LogP contribution in [0.15, 0.2) is 59.5 Å². The average molecular weight is 298 g/mol. The fourth-order valence-corrected chi connectivity index (χ4v) is 3.51. The van der Waals surface area contributed by atoms with Crippen molar-refractivity contribution >= 4 is 17.4 Å². The van der Waals surface area contributed by atoms with Gasteiger partial charge in [0, 0.05) is 42.6 Å². The third kappa shape index (κ3) is 4.02. The van der Waals surface area contributed by atoms with E-state index in [0.29, 0.717) is 0 Å². The second-order valence-corrected chi connectivity index (χ2v) is 6.55. The van der Waals surface area contributed by atoms with Crippen molar-refractivity contribution in [1.82, 2.24) is 4.90 Å². The number of rotatable bonds is 4. The maximum Gasteiger partial charge on any atom is 0.0493 e. The number of anilines is 1. The third-order valence-corrected chi connectivity index (χ3v) is 5.03. The molecule has 2 aromatic rings. The van der Waals surface area contributed by atoms with E-state index in [1.54, 1.807) is 0 Å². The van der Waals surface area contributed by atoms with E-state index in [4.69, 9.17) is 0 Å². The van der Waals surface area contributed by atoms with Crippen molar-refractivity contribution < 1.29 is 0 Å². The molecule has 0 saturated carbocycles. The highest BCUT2D eigenvalue weighted by Crippen LogP contribution is 2.21. The zero-order chi connectivity index (χ0) is 14.5. The van der Waals surface area contributed by atoms with E-state index in [0.717, 1.165) is 32.1 Å². The molecule has 110 valence electrons. The van der Waals surface area contributed by atoms with Gasteiger partial charge in [0.15, 0.2) is 0 Å². The van der Waals surface area contributed by atoms with Crippen molar-refractivity contribution in [3.05, 3.63) is 60.2 Å². The fourth-order valence-electron chi connectivity index (χ4n) is 2.57. The normalized spacial score (nSPS) is 16.1. The average Bonchev–Trinajstić information content (AvgIpc) is 2.55. The Kier molecular flexibility index (Phi) is 4.84. The van der Waals surface area contributed by atoms with E-state index in [1.165, 1.54) is 16.1 Å². The van der Waals surface area contributed by atoms with Crippen LogP contribution in [0.5, 0.6) is 0 Å². The van der Waals surface area contributed by atoms with Crippen LogP contribution in [0.3, 0.4) is 0 Å². The van der Waals surface area contributed by atoms with Crippen LogP contribution >= 0.6 is 11.8 Å². The maximum atomic E-state index is 2.54. The third-order valence-electron chi connectivity index (χ3n) is 3.93. The van der Waals surface area contributed by atoms with Gasteiger partial charge in [0.2, 0.25) is 0 Å². The Hall–Kier alpha value is -1.45. The molecule has 3 heteroatoms. The van der Waals surface area contributed by atoms with E-state index < -0.39 is 0 Å². The maximum absolute atomic E-state index is 2.54. The van der Waals surface area contributed by atoms with Crippen LogP contribution in [0, 0.1) is 6.92 Å². The summed E-state index contributed by atoms with van der Waals surface area (Å²) in [6.45, 7) is 6.68. The minimum atomic E-state index is 1.09. The quantitative estimate of drug-likeness (QED) is 0.791. The molecule has 0 atom stereocenters. The van der Waals surface area contributed by atoms with Gasteiger partial charge in [-0.1, -0.05) is 35.9 Å². The van der Waals surface area contributed by atoms with Crippen molar-refractivity contribution in [2.24, 2.45) is 0 Å². The van der Waals surface area contributed by atoms with Gasteiger partial charge in [-0.05, 0) is 31.2 Å². The van der Waals surface area contributed by atoms with E-state index >= 15 is 0 Å². The van der Waals surface area contributed by atoms with Gasteiger partial charge in [0.25, 0.3) is 0 Å². The lowest BCUT2D eigenvalue weighted by Crippen LogP contribution is -2.46. The van der Waals surface area contributed by atoms with Crippen molar-refractivity contribution in [2.45, 2.75) is 11.8 Å². The number of benzene rings is 2. The number of piperazine rings is 1. The predicted octanol–water partition coefficient (Wildman–Crippen LogP) is 3.87. The number of hydrogen-bond acceptors (Lipinski definition) is 3. The highest BCUT2D eigenvalue weighted by Gasteiger charge is 2.16. The van der Waals surface area contributed by atoms with Crippen LogP contribution in [0.4, 0.5) is 5.69 Å². The molecule has 1 heterocycles. The highest BCUT2D eigenvalue weighted by molar-refractivity contribution is 7.99. The summed E-state index contributed by atoms with van der Waals surface area (Å²) in [5.74, 6) is 1.09. The molecule has 21 heavy (non-hydrogen) atoms. The fraction of sp³-hybridized carbons (Fsp3) is 0.333. The minimum absolute atomic E-state index is 1.09. The Balaban J connectivity index is 1.48. The van der Waals surface area contributed by atoms with Gasteiger partial charge in [-0.3, -0.25) is 4.90 Å². The molecule has 2 nitrogen and oxygen atoms in total. The Labute approximate surface area is 131 Å². The molecule has 1 aliphatic rings. The summed E-state index contributed by atoms with van der Waals surface area (Å²) in [7, 11) is 0. The van der Waals surface area contributed by atoms with E-state index in [2.05, 4.69) is 71.3 Å². The Morgan fingerprint density at radius 2 is 1.52 bits per heavy atom. The first-order valence-electron chi connectivity index (χ1n) is 7.53. The second-order valence-electron chi connectivity index (χ2n) is 5.53. The first kappa shape index (κ1) is 14.5. The molecule has 3 rings (SSSR count). The summed E-state index contributed by atoms with van der Waals surface area (Å²) in [6.07, 6.45) is 0. The van der Waals surface area contributed by atoms with E-state index in [1.807, 2.05) is 11.8 Å². The van der Waals surface area contributed by atoms with Crippen LogP contribution in [0.1, 0.15) is 5.56 Å². The molecule has 1 saturated heterocycles. The number of thioether (sulfide) groups is 1. The molecular formula is C18H22N2S. The topological polar surface area (TPSA) is 6.48 Å². The first-order chi connectivity index (χ1) is 10.3. The first-order valence-corrected chi connectivity index (χ1v) is 8.52. The van der Waals surface area contributed by atoms with Crippen molar-refractivity contribution in [3.8, 4) is 0 Å². The second kappa shape index (κ2) is 7.01. The van der Waals surface area contributed by atoms with E-state index in [9.17, 15) is 0 Å². The number of aryl methyl sites for hydroxylation is 1. The molecule has 0 spiro atoms. The highest BCUT2D eigenvalue weighted by atomic mass is 32.2. The summed E-state index contributed by atoms with van der Waals surface area (Å²) in [5.41, 5.74) is 2.69. The van der Waals surface area contributed by atoms with Crippen molar-refractivity contribution in [3.63, 3.8) is 0 Å². The van der Waals surface area contributed by atoms with Gasteiger partial charge >= 0.3 is 0 Å². The molecular weight excluding hydrogens is 276 g/mol. The largest absolute Gasteiger partial charge is 0.369 e. The van der Waals surface area contributed by atoms with Crippen LogP contribution in [-0.2, 0) is 0 Å². The van der Waals surface area contributed by atoms with Crippen LogP contribution in [-0.4, -0.2) is 37.0 Å². The Morgan fingerprint density at radius 1 is 0.857 bits per heavy atom. The summed E-state index contributed by atoms with van der Waals surface area (Å²) in [5, 5.41) is 0. The lowest BCUT2D eigenvalue weighted by atomic mass is 10.2. The molecule has 0 radical (unpaired) electrons. The summed E-state index contributed by atoms with van der Waals surface area (Å²) in [6, 6.07) is 19.5. The van der Waals surface area contributed by atoms with Crippen LogP contribution in [0.2, 0.25) is 0 Å². The lowest BCUT2D eigenvalue weighted by molar-refractivity contribution is 0.301. The van der Waals surface area contributed by atoms with Gasteiger partial charge < -0.3 is 4.90 Å². The molecule has 1 aliphatic heterocycles. The van der Waals surface area contributed by atoms with Gasteiger partial charge in [0.05, 0.1) is 0 Å². The lowest BCUT2D eigenvalue weighted by Gasteiger charge is -2.35. The zero-order valence-corrected chi connectivity index (χ0v) is 13.4. The Bertz CT molecular complexity index is 545. The molecule has 0 bridgehead atoms. The molecule has 0 aliphatic carbocycles. The zero-order valence-electron chi connectivity index (χ0n) is 12.5. The number of nitrogens with zero attached hydrogens (tertiary/aromatic N) is 2. The molecule has 1 fully saturated rings. The smallest absolute Gasteiger partial charge is 0.0493 e. The summed E-state index contributed by atoms with van der Waals surface area (Å²) < 4.78 is 0. The monoisotopic (exact) mass is 298 g/mol. The molecule has 0 amide bonds. The number of hydrogen-bond donors (Lipinski definition) is 0. The standard InChI is InChI=1S/C18H22N2S/c1-16-7-9-17(10-8-16)20-13-11-19(12-14-20)15-21-18-5-3-2-4-6-18/h2-10H,11-15H2,1H3. The molecule has 2 aromatic carbocycles. The van der Waals surface area contributed by atoms with Gasteiger partial charge in [-0.15, -0.1) is 11.8 Å². The van der Waals surface area contributed by atoms with Gasteiger partial charge in [-0.2, -0.15) is 0 Å². The van der Waals surface area contributed by atoms with Gasteiger partial charge in [-0.25, -0.2) is 0 Å². The van der Waals surface area contributed by atoms with E-state index in [-0.39, 0.29) is 0 Å². The SMILES string of the molecule is Cc1ccc(N2CCN(CSc3ccccc3)CC2)cc1. The molecule has 0 unspecified atom stereocenters. The minimum Gasteiger partial charge on any atom is -0.369 e. The molecule has 0 aromatic heterocycles. The Morgan fingerprint density at radius 3 is 2.19 bits per heavy atom. The van der Waals surface area contributed by atoms with Gasteiger partial charge in [0.1, 0.15) is 0 Å². The molecule has 0 N–H and O–H groups in total. The predicted molar refractivity (Wildman–Crippen MR) is 92.1 cm³/mol. The summed E-state index contributed by atoms with van der Waals surface area (Å²) >= 11 is 1.93. The van der Waals surface area contributed by atoms with Crippen LogP contribution < -0.4 is 4.90 Å². The van der Waals surface area contributed by atoms with Crippen molar-refractivity contribution in [1.29, 1.82) is 0 Å². The summed E-state index contributed by atoms with van der Waals surface area (Å²) in [4.78, 5) is 6.39. The van der Waals surface area contributed by atoms with Crippen LogP contribution in [0.25, 0.3) is 0 Å².